The largest absolute Gasteiger partial charge is 0.497 e. The van der Waals surface area contributed by atoms with Gasteiger partial charge in [-0.1, -0.05) is 11.6 Å². The molecule has 0 heterocycles. The van der Waals surface area contributed by atoms with E-state index in [1.807, 2.05) is 6.92 Å². The lowest BCUT2D eigenvalue weighted by molar-refractivity contribution is -0.126. The van der Waals surface area contributed by atoms with Crippen LogP contribution in [0.5, 0.6) is 23.0 Å². The number of amides is 1. The molecule has 0 aliphatic rings. The molecule has 172 valence electrons. The number of nitrogens with zero attached hydrogens (tertiary/aromatic N) is 2. The number of ether oxygens (including phenoxy) is 4. The fourth-order valence-corrected chi connectivity index (χ4v) is 2.98. The molecule has 9 nitrogen and oxygen atoms in total. The Morgan fingerprint density at radius 3 is 2.31 bits per heavy atom. The molecule has 0 saturated heterocycles. The van der Waals surface area contributed by atoms with Gasteiger partial charge in [-0.15, -0.1) is 0 Å². The smallest absolute Gasteiger partial charge is 0.258 e. The summed E-state index contributed by atoms with van der Waals surface area (Å²) in [7, 11) is 2.98. The van der Waals surface area contributed by atoms with Crippen LogP contribution in [0.2, 0.25) is 5.02 Å². The first kappa shape index (κ1) is 24.9. The molecule has 0 aliphatic carbocycles. The molecule has 1 unspecified atom stereocenters. The molecule has 0 aliphatic heterocycles. The second-order valence-corrected chi connectivity index (χ2v) is 6.75. The molecular weight excluding hydrogens is 438 g/mol. The third kappa shape index (κ3) is 6.10. The number of halogens is 1. The summed E-state index contributed by atoms with van der Waals surface area (Å²) >= 11 is 6.36. The van der Waals surface area contributed by atoms with Gasteiger partial charge in [0, 0.05) is 6.07 Å². The highest BCUT2D eigenvalue weighted by Gasteiger charge is 2.25. The number of carbonyl (C=O) groups excluding carboxylic acids is 2. The van der Waals surface area contributed by atoms with Gasteiger partial charge < -0.3 is 24.3 Å². The van der Waals surface area contributed by atoms with Gasteiger partial charge in [-0.25, -0.2) is 0 Å². The number of methoxy groups -OCH3 is 2. The van der Waals surface area contributed by atoms with Gasteiger partial charge in [0.25, 0.3) is 5.91 Å². The van der Waals surface area contributed by atoms with Crippen molar-refractivity contribution >= 4 is 34.7 Å². The van der Waals surface area contributed by atoms with Gasteiger partial charge >= 0.3 is 0 Å². The van der Waals surface area contributed by atoms with Crippen molar-refractivity contribution in [3.8, 4) is 23.0 Å². The van der Waals surface area contributed by atoms with Crippen LogP contribution < -0.4 is 24.3 Å². The zero-order valence-corrected chi connectivity index (χ0v) is 19.4. The Morgan fingerprint density at radius 2 is 1.72 bits per heavy atom. The number of carbonyl (C=O) groups is 2. The zero-order chi connectivity index (χ0) is 23.7. The van der Waals surface area contributed by atoms with Crippen molar-refractivity contribution in [3.63, 3.8) is 0 Å². The second kappa shape index (κ2) is 11.9. The predicted octanol–water partition coefficient (Wildman–Crippen LogP) is 4.83. The van der Waals surface area contributed by atoms with E-state index in [1.165, 1.54) is 21.1 Å². The molecule has 32 heavy (non-hydrogen) atoms. The molecule has 2 rings (SSSR count). The van der Waals surface area contributed by atoms with Crippen molar-refractivity contribution in [1.29, 1.82) is 0 Å². The molecule has 0 spiro atoms. The van der Waals surface area contributed by atoms with Crippen LogP contribution >= 0.6 is 11.6 Å². The summed E-state index contributed by atoms with van der Waals surface area (Å²) in [5, 5.41) is 10.8. The van der Waals surface area contributed by atoms with E-state index in [4.69, 9.17) is 30.5 Å². The third-order valence-corrected chi connectivity index (χ3v) is 4.57. The molecular formula is C22H26ClN3O6. The molecule has 1 N–H and O–H groups in total. The number of hydrogen-bond acceptors (Lipinski definition) is 8. The van der Waals surface area contributed by atoms with Gasteiger partial charge in [-0.05, 0) is 45.0 Å². The van der Waals surface area contributed by atoms with Crippen LogP contribution in [-0.2, 0) is 9.59 Å². The molecule has 0 fully saturated rings. The summed E-state index contributed by atoms with van der Waals surface area (Å²) in [5.41, 5.74) is 0.593. The SMILES string of the molecule is CCOc1ccc(NC(=O)C(N=Nc2cc(OC)ccc2OC)C(C)=O)c(OCC)c1Cl. The van der Waals surface area contributed by atoms with Crippen molar-refractivity contribution in [2.24, 2.45) is 10.2 Å². The topological polar surface area (TPSA) is 108 Å². The van der Waals surface area contributed by atoms with E-state index in [9.17, 15) is 9.59 Å². The van der Waals surface area contributed by atoms with Crippen LogP contribution in [0.25, 0.3) is 0 Å². The van der Waals surface area contributed by atoms with Crippen LogP contribution in [0.3, 0.4) is 0 Å². The molecule has 2 aromatic carbocycles. The van der Waals surface area contributed by atoms with E-state index in [-0.39, 0.29) is 16.5 Å². The van der Waals surface area contributed by atoms with E-state index in [1.54, 1.807) is 37.3 Å². The summed E-state index contributed by atoms with van der Waals surface area (Å²) < 4.78 is 21.5. The first-order valence-electron chi connectivity index (χ1n) is 9.88. The third-order valence-electron chi connectivity index (χ3n) is 4.21. The first-order valence-corrected chi connectivity index (χ1v) is 10.3. The zero-order valence-electron chi connectivity index (χ0n) is 18.6. The lowest BCUT2D eigenvalue weighted by atomic mass is 10.2. The van der Waals surface area contributed by atoms with Crippen LogP contribution in [0.1, 0.15) is 20.8 Å². The molecule has 0 aromatic heterocycles. The maximum atomic E-state index is 12.9. The Balaban J connectivity index is 2.33. The van der Waals surface area contributed by atoms with Crippen molar-refractivity contribution < 1.29 is 28.5 Å². The maximum Gasteiger partial charge on any atom is 0.258 e. The van der Waals surface area contributed by atoms with Gasteiger partial charge in [0.2, 0.25) is 6.04 Å². The van der Waals surface area contributed by atoms with Crippen LogP contribution in [0.15, 0.2) is 40.6 Å². The van der Waals surface area contributed by atoms with Crippen LogP contribution in [0.4, 0.5) is 11.4 Å². The molecule has 0 radical (unpaired) electrons. The lowest BCUT2D eigenvalue weighted by Crippen LogP contribution is -2.32. The number of ketones is 1. The Hall–Kier alpha value is -3.33. The highest BCUT2D eigenvalue weighted by molar-refractivity contribution is 6.34. The van der Waals surface area contributed by atoms with Gasteiger partial charge in [0.1, 0.15) is 28.0 Å². The molecule has 2 aromatic rings. The average Bonchev–Trinajstić information content (AvgIpc) is 2.77. The van der Waals surface area contributed by atoms with E-state index < -0.39 is 17.7 Å². The quantitative estimate of drug-likeness (QED) is 0.377. The van der Waals surface area contributed by atoms with E-state index >= 15 is 0 Å². The number of azo groups is 1. The molecule has 1 atom stereocenters. The van der Waals surface area contributed by atoms with Gasteiger partial charge in [-0.2, -0.15) is 10.2 Å². The second-order valence-electron chi connectivity index (χ2n) is 6.38. The maximum absolute atomic E-state index is 12.9. The monoisotopic (exact) mass is 463 g/mol. The van der Waals surface area contributed by atoms with Gasteiger partial charge in [-0.3, -0.25) is 9.59 Å². The minimum Gasteiger partial charge on any atom is -0.497 e. The van der Waals surface area contributed by atoms with Crippen molar-refractivity contribution in [1.82, 2.24) is 0 Å². The summed E-state index contributed by atoms with van der Waals surface area (Å²) in [5.74, 6) is 0.404. The summed E-state index contributed by atoms with van der Waals surface area (Å²) in [4.78, 5) is 25.0. The van der Waals surface area contributed by atoms with E-state index in [0.717, 1.165) is 0 Å². The standard InChI is InChI=1S/C22H26ClN3O6/c1-6-31-18-11-9-15(21(19(18)23)32-7-2)24-22(28)20(13(3)27)26-25-16-12-14(29-4)8-10-17(16)30-5/h8-12,20H,6-7H2,1-5H3,(H,24,28). The van der Waals surface area contributed by atoms with Crippen molar-refractivity contribution in [2.45, 2.75) is 26.8 Å². The van der Waals surface area contributed by atoms with Gasteiger partial charge in [0.15, 0.2) is 11.5 Å². The number of hydrogen-bond donors (Lipinski definition) is 1. The Kier molecular flexibility index (Phi) is 9.27. The van der Waals surface area contributed by atoms with E-state index in [0.29, 0.717) is 36.1 Å². The van der Waals surface area contributed by atoms with Crippen molar-refractivity contribution in [3.05, 3.63) is 35.4 Å². The molecule has 10 heteroatoms. The highest BCUT2D eigenvalue weighted by Crippen LogP contribution is 2.40. The molecule has 0 saturated carbocycles. The Labute approximate surface area is 191 Å². The average molecular weight is 464 g/mol. The normalized spacial score (nSPS) is 11.7. The molecule has 0 bridgehead atoms. The minimum absolute atomic E-state index is 0.216. The number of nitrogens with one attached hydrogen (secondary N) is 1. The predicted molar refractivity (Wildman–Crippen MR) is 121 cm³/mol. The summed E-state index contributed by atoms with van der Waals surface area (Å²) in [6.45, 7) is 5.58. The van der Waals surface area contributed by atoms with Crippen molar-refractivity contribution in [2.75, 3.05) is 32.8 Å². The summed E-state index contributed by atoms with van der Waals surface area (Å²) in [6, 6.07) is 6.71. The Morgan fingerprint density at radius 1 is 1.03 bits per heavy atom. The number of anilines is 1. The van der Waals surface area contributed by atoms with Crippen LogP contribution in [-0.4, -0.2) is 45.2 Å². The van der Waals surface area contributed by atoms with E-state index in [2.05, 4.69) is 15.5 Å². The van der Waals surface area contributed by atoms with Crippen LogP contribution in [0, 0.1) is 0 Å². The minimum atomic E-state index is -1.40. The first-order chi connectivity index (χ1) is 15.4. The fraction of sp³-hybridized carbons (Fsp3) is 0.364. The number of Topliss-reactive ketones (excluding diaryl/α,β-unsaturated/α-hetero) is 1. The molecule has 1 amide bonds. The lowest BCUT2D eigenvalue weighted by Gasteiger charge is -2.17. The summed E-state index contributed by atoms with van der Waals surface area (Å²) in [6.07, 6.45) is 0. The Bertz CT molecular complexity index is 996. The highest BCUT2D eigenvalue weighted by atomic mass is 35.5. The number of benzene rings is 2. The number of rotatable bonds is 11. The fourth-order valence-electron chi connectivity index (χ4n) is 2.70. The van der Waals surface area contributed by atoms with Gasteiger partial charge in [0.05, 0.1) is 33.1 Å².